The Balaban J connectivity index is 1.49. The molecule has 1 fully saturated rings. The first-order chi connectivity index (χ1) is 16.5. The molecule has 1 aliphatic rings. The van der Waals surface area contributed by atoms with Gasteiger partial charge in [0.1, 0.15) is 17.2 Å². The summed E-state index contributed by atoms with van der Waals surface area (Å²) in [5.74, 6) is 0.319. The molecule has 11 heteroatoms. The van der Waals surface area contributed by atoms with Crippen molar-refractivity contribution in [1.29, 1.82) is 0 Å². The number of benzene rings is 1. The number of amides is 3. The lowest BCUT2D eigenvalue weighted by Crippen LogP contribution is -2.39. The number of aromatic nitrogens is 2. The van der Waals surface area contributed by atoms with Crippen molar-refractivity contribution in [2.24, 2.45) is 0 Å². The van der Waals surface area contributed by atoms with E-state index in [4.69, 9.17) is 4.74 Å². The molecule has 1 aromatic carbocycles. The summed E-state index contributed by atoms with van der Waals surface area (Å²) in [7, 11) is 1.84. The molecule has 0 atom stereocenters. The van der Waals surface area contributed by atoms with Crippen molar-refractivity contribution in [2.75, 3.05) is 43.4 Å². The van der Waals surface area contributed by atoms with Gasteiger partial charge in [-0.2, -0.15) is 4.37 Å². The second-order valence-electron chi connectivity index (χ2n) is 9.42. The minimum Gasteiger partial charge on any atom is -0.444 e. The predicted molar refractivity (Wildman–Crippen MR) is 136 cm³/mol. The Kier molecular flexibility index (Phi) is 8.66. The highest BCUT2D eigenvalue weighted by Gasteiger charge is 2.20. The number of aryl methyl sites for hydroxylation is 1. The highest BCUT2D eigenvalue weighted by molar-refractivity contribution is 7.09. The first-order valence-corrected chi connectivity index (χ1v) is 12.3. The van der Waals surface area contributed by atoms with E-state index in [1.807, 2.05) is 24.1 Å². The molecule has 190 valence electrons. The number of piperidine rings is 1. The molecule has 3 amide bonds. The van der Waals surface area contributed by atoms with Gasteiger partial charge in [-0.05, 0) is 58.7 Å². The Morgan fingerprint density at radius 2 is 2.00 bits per heavy atom. The molecule has 3 rings (SSSR count). The van der Waals surface area contributed by atoms with Crippen LogP contribution >= 0.6 is 11.5 Å². The van der Waals surface area contributed by atoms with E-state index in [1.165, 1.54) is 6.07 Å². The fourth-order valence-corrected chi connectivity index (χ4v) is 4.08. The second kappa shape index (κ2) is 11.5. The molecule has 0 radical (unpaired) electrons. The van der Waals surface area contributed by atoms with E-state index in [1.54, 1.807) is 38.7 Å². The van der Waals surface area contributed by atoms with Gasteiger partial charge in [0.25, 0.3) is 0 Å². The average Bonchev–Trinajstić information content (AvgIpc) is 3.18. The minimum atomic E-state index is -0.551. The molecule has 9 nitrogen and oxygen atoms in total. The van der Waals surface area contributed by atoms with Gasteiger partial charge in [-0.15, -0.1) is 0 Å². The van der Waals surface area contributed by atoms with Gasteiger partial charge in [0.2, 0.25) is 5.13 Å². The molecule has 0 unspecified atom stereocenters. The monoisotopic (exact) mass is 504 g/mol. The van der Waals surface area contributed by atoms with E-state index in [-0.39, 0.29) is 11.8 Å². The number of likely N-dealkylation sites (tertiary alicyclic amines) is 1. The predicted octanol–water partition coefficient (Wildman–Crippen LogP) is 4.66. The first-order valence-electron chi connectivity index (χ1n) is 11.5. The van der Waals surface area contributed by atoms with Gasteiger partial charge in [-0.1, -0.05) is 11.6 Å². The maximum atomic E-state index is 14.8. The Bertz CT molecular complexity index is 1070. The van der Waals surface area contributed by atoms with Crippen molar-refractivity contribution in [1.82, 2.24) is 19.6 Å². The lowest BCUT2D eigenvalue weighted by atomic mass is 10.0. The number of nitrogens with one attached hydrogen (secondary N) is 2. The van der Waals surface area contributed by atoms with Gasteiger partial charge >= 0.3 is 12.1 Å². The molecule has 1 aromatic heterocycles. The van der Waals surface area contributed by atoms with Crippen molar-refractivity contribution in [2.45, 2.75) is 46.1 Å². The van der Waals surface area contributed by atoms with Gasteiger partial charge in [-0.25, -0.2) is 19.0 Å². The van der Waals surface area contributed by atoms with Crippen LogP contribution < -0.4 is 15.5 Å². The van der Waals surface area contributed by atoms with E-state index in [0.29, 0.717) is 61.2 Å². The number of alkyl carbamates (subject to hydrolysis) is 1. The number of ether oxygens (including phenoxy) is 1. The molecule has 2 aromatic rings. The van der Waals surface area contributed by atoms with Crippen LogP contribution in [0, 0.1) is 12.7 Å². The summed E-state index contributed by atoms with van der Waals surface area (Å²) < 4.78 is 24.1. The zero-order valence-electron chi connectivity index (χ0n) is 20.9. The molecule has 0 bridgehead atoms. The van der Waals surface area contributed by atoms with Gasteiger partial charge in [-0.3, -0.25) is 5.32 Å². The van der Waals surface area contributed by atoms with E-state index >= 15 is 0 Å². The van der Waals surface area contributed by atoms with Crippen molar-refractivity contribution in [3.8, 4) is 0 Å². The lowest BCUT2D eigenvalue weighted by Gasteiger charge is -2.28. The number of halogens is 1. The summed E-state index contributed by atoms with van der Waals surface area (Å²) >= 11 is 1.16. The third-order valence-electron chi connectivity index (χ3n) is 5.33. The SMILES string of the molecule is Cc1nsc(NC(=O)N2CCC(=Cc3ccc(N(C)CCNC(=O)OC(C)(C)C)cc3F)CC2)n1. The number of carbonyl (C=O) groups excluding carboxylic acids is 2. The van der Waals surface area contributed by atoms with Crippen LogP contribution in [-0.4, -0.2) is 65.2 Å². The number of hydrogen-bond donors (Lipinski definition) is 2. The largest absolute Gasteiger partial charge is 0.444 e. The number of likely N-dealkylation sites (N-methyl/N-ethyl adjacent to an activating group) is 1. The number of carbonyl (C=O) groups is 2. The normalized spacial score (nSPS) is 13.9. The van der Waals surface area contributed by atoms with Crippen molar-refractivity contribution in [3.05, 3.63) is 41.0 Å². The van der Waals surface area contributed by atoms with Gasteiger partial charge in [0, 0.05) is 56.0 Å². The van der Waals surface area contributed by atoms with Crippen LogP contribution in [0.3, 0.4) is 0 Å². The van der Waals surface area contributed by atoms with Crippen molar-refractivity contribution >= 4 is 40.6 Å². The molecule has 35 heavy (non-hydrogen) atoms. The van der Waals surface area contributed by atoms with Crippen LogP contribution in [-0.2, 0) is 4.74 Å². The Morgan fingerprint density at radius 1 is 1.29 bits per heavy atom. The summed E-state index contributed by atoms with van der Waals surface area (Å²) in [6.45, 7) is 9.20. The molecule has 0 saturated carbocycles. The summed E-state index contributed by atoms with van der Waals surface area (Å²) in [6, 6.07) is 4.91. The number of rotatable bonds is 6. The van der Waals surface area contributed by atoms with E-state index in [9.17, 15) is 14.0 Å². The standard InChI is InChI=1S/C24H33FN6O3S/c1-16-27-21(35-29-16)28-22(32)31-11-8-17(9-12-31)14-18-6-7-19(15-20(18)25)30(5)13-10-26-23(33)34-24(2,3)4/h6-7,14-15H,8-13H2,1-5H3,(H,26,33)(H,27,28,29,32). The second-order valence-corrected chi connectivity index (χ2v) is 10.2. The topological polar surface area (TPSA) is 99.7 Å². The molecule has 0 aliphatic carbocycles. The number of hydrogen-bond acceptors (Lipinski definition) is 7. The van der Waals surface area contributed by atoms with Gasteiger partial charge < -0.3 is 19.9 Å². The zero-order chi connectivity index (χ0) is 25.6. The molecular weight excluding hydrogens is 471 g/mol. The fourth-order valence-electron chi connectivity index (χ4n) is 3.52. The van der Waals surface area contributed by atoms with E-state index in [0.717, 1.165) is 17.1 Å². The van der Waals surface area contributed by atoms with Crippen LogP contribution in [0.2, 0.25) is 0 Å². The van der Waals surface area contributed by atoms with E-state index in [2.05, 4.69) is 20.0 Å². The first kappa shape index (κ1) is 26.4. The fraction of sp³-hybridized carbons (Fsp3) is 0.500. The van der Waals surface area contributed by atoms with Crippen LogP contribution in [0.1, 0.15) is 45.0 Å². The smallest absolute Gasteiger partial charge is 0.407 e. The summed E-state index contributed by atoms with van der Waals surface area (Å²) in [5.41, 5.74) is 1.79. The minimum absolute atomic E-state index is 0.195. The Labute approximate surface area is 209 Å². The summed E-state index contributed by atoms with van der Waals surface area (Å²) in [4.78, 5) is 31.9. The lowest BCUT2D eigenvalue weighted by molar-refractivity contribution is 0.0529. The number of anilines is 2. The van der Waals surface area contributed by atoms with Crippen LogP contribution in [0.25, 0.3) is 6.08 Å². The van der Waals surface area contributed by atoms with E-state index < -0.39 is 11.7 Å². The average molecular weight is 505 g/mol. The molecule has 1 aliphatic heterocycles. The Morgan fingerprint density at radius 3 is 2.60 bits per heavy atom. The summed E-state index contributed by atoms with van der Waals surface area (Å²) in [5, 5.41) is 5.96. The maximum Gasteiger partial charge on any atom is 0.407 e. The number of urea groups is 1. The van der Waals surface area contributed by atoms with Gasteiger partial charge in [0.15, 0.2) is 0 Å². The Hall–Kier alpha value is -3.21. The van der Waals surface area contributed by atoms with Crippen molar-refractivity contribution in [3.63, 3.8) is 0 Å². The third kappa shape index (κ3) is 8.20. The highest BCUT2D eigenvalue weighted by atomic mass is 32.1. The third-order valence-corrected chi connectivity index (χ3v) is 6.06. The molecule has 2 N–H and O–H groups in total. The number of nitrogens with zero attached hydrogens (tertiary/aromatic N) is 4. The van der Waals surface area contributed by atoms with Crippen LogP contribution in [0.5, 0.6) is 0 Å². The molecule has 0 spiro atoms. The molecule has 1 saturated heterocycles. The highest BCUT2D eigenvalue weighted by Crippen LogP contribution is 2.24. The van der Waals surface area contributed by atoms with Gasteiger partial charge in [0.05, 0.1) is 0 Å². The zero-order valence-corrected chi connectivity index (χ0v) is 21.7. The van der Waals surface area contributed by atoms with Crippen LogP contribution in [0.4, 0.5) is 24.8 Å². The quantitative estimate of drug-likeness (QED) is 0.594. The maximum absolute atomic E-state index is 14.8. The molecular formula is C24H33FN6O3S. The van der Waals surface area contributed by atoms with Crippen LogP contribution in [0.15, 0.2) is 23.8 Å². The van der Waals surface area contributed by atoms with Crippen molar-refractivity contribution < 1.29 is 18.7 Å². The summed E-state index contributed by atoms with van der Waals surface area (Å²) in [6.07, 6.45) is 2.75. The molecule has 2 heterocycles.